The molecule has 2 unspecified atom stereocenters. The van der Waals surface area contributed by atoms with Crippen molar-refractivity contribution in [1.29, 1.82) is 0 Å². The van der Waals surface area contributed by atoms with Crippen LogP contribution in [0, 0.1) is 5.92 Å². The van der Waals surface area contributed by atoms with Gasteiger partial charge in [0.15, 0.2) is 0 Å². The van der Waals surface area contributed by atoms with Crippen LogP contribution in [0.2, 0.25) is 0 Å². The van der Waals surface area contributed by atoms with Crippen LogP contribution in [-0.2, 0) is 0 Å². The molecule has 0 radical (unpaired) electrons. The molecule has 0 aromatic carbocycles. The van der Waals surface area contributed by atoms with Gasteiger partial charge in [-0.25, -0.2) is 9.78 Å². The van der Waals surface area contributed by atoms with Crippen molar-refractivity contribution in [3.05, 3.63) is 18.7 Å². The number of nitrogens with one attached hydrogen (secondary N) is 1. The van der Waals surface area contributed by atoms with E-state index < -0.39 is 0 Å². The molecule has 1 saturated heterocycles. The van der Waals surface area contributed by atoms with E-state index in [4.69, 9.17) is 0 Å². The molecule has 1 aliphatic rings. The first-order valence-corrected chi connectivity index (χ1v) is 5.64. The van der Waals surface area contributed by atoms with Crippen LogP contribution in [0.3, 0.4) is 0 Å². The number of piperidine rings is 1. The number of amides is 1. The molecule has 0 saturated carbocycles. The van der Waals surface area contributed by atoms with Crippen molar-refractivity contribution in [2.75, 3.05) is 20.1 Å². The smallest absolute Gasteiger partial charge is 0.327 e. The molecular formula is C11H18N4O. The van der Waals surface area contributed by atoms with Crippen LogP contribution in [0.5, 0.6) is 0 Å². The molecule has 1 aliphatic heterocycles. The Balaban J connectivity index is 1.92. The highest BCUT2D eigenvalue weighted by atomic mass is 16.2. The SMILES string of the molecule is CC1CN(C)CCC1NC(=O)n1ccnc1. The lowest BCUT2D eigenvalue weighted by Crippen LogP contribution is -2.49. The third-order valence-electron chi connectivity index (χ3n) is 3.16. The summed E-state index contributed by atoms with van der Waals surface area (Å²) in [5, 5.41) is 3.05. The minimum absolute atomic E-state index is 0.0843. The van der Waals surface area contributed by atoms with Gasteiger partial charge in [-0.15, -0.1) is 0 Å². The van der Waals surface area contributed by atoms with Crippen LogP contribution in [0.25, 0.3) is 0 Å². The second-order valence-corrected chi connectivity index (χ2v) is 4.55. The molecule has 1 aromatic rings. The molecule has 88 valence electrons. The molecule has 16 heavy (non-hydrogen) atoms. The molecule has 5 heteroatoms. The van der Waals surface area contributed by atoms with Crippen molar-refractivity contribution in [3.8, 4) is 0 Å². The fourth-order valence-corrected chi connectivity index (χ4v) is 2.18. The summed E-state index contributed by atoms with van der Waals surface area (Å²) in [4.78, 5) is 18.0. The zero-order valence-corrected chi connectivity index (χ0v) is 9.76. The first-order valence-electron chi connectivity index (χ1n) is 5.64. The normalized spacial score (nSPS) is 26.6. The summed E-state index contributed by atoms with van der Waals surface area (Å²) < 4.78 is 1.48. The second kappa shape index (κ2) is 4.65. The number of imidazole rings is 1. The number of carbonyl (C=O) groups excluding carboxylic acids is 1. The fraction of sp³-hybridized carbons (Fsp3) is 0.636. The molecule has 1 N–H and O–H groups in total. The van der Waals surface area contributed by atoms with Gasteiger partial charge in [-0.2, -0.15) is 0 Å². The zero-order valence-electron chi connectivity index (χ0n) is 9.76. The lowest BCUT2D eigenvalue weighted by Gasteiger charge is -2.35. The largest absolute Gasteiger partial charge is 0.334 e. The summed E-state index contributed by atoms with van der Waals surface area (Å²) in [5.74, 6) is 0.492. The number of aromatic nitrogens is 2. The van der Waals surface area contributed by atoms with Gasteiger partial charge in [0.25, 0.3) is 0 Å². The number of rotatable bonds is 1. The van der Waals surface area contributed by atoms with Gasteiger partial charge in [-0.3, -0.25) is 4.57 Å². The second-order valence-electron chi connectivity index (χ2n) is 4.55. The first-order chi connectivity index (χ1) is 7.66. The zero-order chi connectivity index (χ0) is 11.5. The summed E-state index contributed by atoms with van der Waals surface area (Å²) in [6.45, 7) is 4.25. The summed E-state index contributed by atoms with van der Waals surface area (Å²) >= 11 is 0. The van der Waals surface area contributed by atoms with E-state index in [-0.39, 0.29) is 12.1 Å². The Bertz CT molecular complexity index is 349. The van der Waals surface area contributed by atoms with E-state index in [0.29, 0.717) is 5.92 Å². The maximum atomic E-state index is 11.8. The van der Waals surface area contributed by atoms with Crippen molar-refractivity contribution in [2.45, 2.75) is 19.4 Å². The maximum Gasteiger partial charge on any atom is 0.327 e. The van der Waals surface area contributed by atoms with E-state index in [2.05, 4.69) is 29.2 Å². The minimum atomic E-state index is -0.0843. The highest BCUT2D eigenvalue weighted by Gasteiger charge is 2.25. The summed E-state index contributed by atoms with van der Waals surface area (Å²) in [6.07, 6.45) is 5.81. The van der Waals surface area contributed by atoms with Gasteiger partial charge in [-0.05, 0) is 25.9 Å². The van der Waals surface area contributed by atoms with Crippen molar-refractivity contribution in [2.24, 2.45) is 5.92 Å². The summed E-state index contributed by atoms with van der Waals surface area (Å²) in [5.41, 5.74) is 0. The van der Waals surface area contributed by atoms with E-state index in [0.717, 1.165) is 19.5 Å². The number of likely N-dealkylation sites (tertiary alicyclic amines) is 1. The molecule has 5 nitrogen and oxygen atoms in total. The molecule has 1 fully saturated rings. The van der Waals surface area contributed by atoms with E-state index in [9.17, 15) is 4.79 Å². The lowest BCUT2D eigenvalue weighted by molar-refractivity contribution is 0.173. The van der Waals surface area contributed by atoms with Crippen LogP contribution in [0.4, 0.5) is 4.79 Å². The molecule has 2 rings (SSSR count). The van der Waals surface area contributed by atoms with Crippen molar-refractivity contribution in [1.82, 2.24) is 19.8 Å². The van der Waals surface area contributed by atoms with Crippen LogP contribution in [-0.4, -0.2) is 46.7 Å². The van der Waals surface area contributed by atoms with Crippen LogP contribution >= 0.6 is 0 Å². The molecule has 1 amide bonds. The third kappa shape index (κ3) is 2.41. The Kier molecular flexibility index (Phi) is 3.24. The highest BCUT2D eigenvalue weighted by Crippen LogP contribution is 2.15. The molecule has 0 spiro atoms. The van der Waals surface area contributed by atoms with Gasteiger partial charge in [0, 0.05) is 25.0 Å². The maximum absolute atomic E-state index is 11.8. The number of nitrogens with zero attached hydrogens (tertiary/aromatic N) is 3. The predicted molar refractivity (Wildman–Crippen MR) is 61.2 cm³/mol. The quantitative estimate of drug-likeness (QED) is 0.764. The average Bonchev–Trinajstić information content (AvgIpc) is 2.75. The standard InChI is InChI=1S/C11H18N4O/c1-9-7-14(2)5-3-10(9)13-11(16)15-6-4-12-8-15/h4,6,8-10H,3,5,7H2,1-2H3,(H,13,16). The Hall–Kier alpha value is -1.36. The monoisotopic (exact) mass is 222 g/mol. The minimum Gasteiger partial charge on any atom is -0.334 e. The van der Waals surface area contributed by atoms with Gasteiger partial charge >= 0.3 is 6.03 Å². The summed E-state index contributed by atoms with van der Waals surface area (Å²) in [6, 6.07) is 0.185. The molecular weight excluding hydrogens is 204 g/mol. The van der Waals surface area contributed by atoms with Crippen molar-refractivity contribution >= 4 is 6.03 Å². The number of hydrogen-bond acceptors (Lipinski definition) is 3. The van der Waals surface area contributed by atoms with Gasteiger partial charge in [-0.1, -0.05) is 6.92 Å². The average molecular weight is 222 g/mol. The highest BCUT2D eigenvalue weighted by molar-refractivity contribution is 5.76. The van der Waals surface area contributed by atoms with E-state index in [1.54, 1.807) is 12.4 Å². The Morgan fingerprint density at radius 2 is 2.38 bits per heavy atom. The van der Waals surface area contributed by atoms with Crippen molar-refractivity contribution in [3.63, 3.8) is 0 Å². The molecule has 0 aliphatic carbocycles. The molecule has 0 bridgehead atoms. The van der Waals surface area contributed by atoms with Gasteiger partial charge < -0.3 is 10.2 Å². The van der Waals surface area contributed by atoms with Crippen LogP contribution in [0.15, 0.2) is 18.7 Å². The topological polar surface area (TPSA) is 50.2 Å². The van der Waals surface area contributed by atoms with Crippen LogP contribution in [0.1, 0.15) is 13.3 Å². The van der Waals surface area contributed by atoms with Gasteiger partial charge in [0.05, 0.1) is 0 Å². The predicted octanol–water partition coefficient (Wildman–Crippen LogP) is 0.781. The molecule has 1 aromatic heterocycles. The van der Waals surface area contributed by atoms with Gasteiger partial charge in [0.1, 0.15) is 6.33 Å². The fourth-order valence-electron chi connectivity index (χ4n) is 2.18. The number of carbonyl (C=O) groups is 1. The van der Waals surface area contributed by atoms with Crippen LogP contribution < -0.4 is 5.32 Å². The van der Waals surface area contributed by atoms with Gasteiger partial charge in [0.2, 0.25) is 0 Å². The van der Waals surface area contributed by atoms with E-state index in [1.165, 1.54) is 10.9 Å². The Morgan fingerprint density at radius 1 is 1.56 bits per heavy atom. The van der Waals surface area contributed by atoms with E-state index >= 15 is 0 Å². The number of hydrogen-bond donors (Lipinski definition) is 1. The first kappa shape index (κ1) is 11.1. The van der Waals surface area contributed by atoms with E-state index in [1.807, 2.05) is 0 Å². The Morgan fingerprint density at radius 3 is 3.00 bits per heavy atom. The third-order valence-corrected chi connectivity index (χ3v) is 3.16. The summed E-state index contributed by atoms with van der Waals surface area (Å²) in [7, 11) is 2.12. The van der Waals surface area contributed by atoms with Crippen molar-refractivity contribution < 1.29 is 4.79 Å². The lowest BCUT2D eigenvalue weighted by atomic mass is 9.94. The Labute approximate surface area is 95.5 Å². The molecule has 2 atom stereocenters. The molecule has 2 heterocycles.